The molecule has 0 aromatic heterocycles. The minimum Gasteiger partial charge on any atom is -0.462 e. The van der Waals surface area contributed by atoms with Gasteiger partial charge < -0.3 is 20.5 Å². The quantitative estimate of drug-likeness (QED) is 0.645. The Morgan fingerprint density at radius 1 is 1.52 bits per heavy atom. The molecule has 1 aliphatic heterocycles. The first kappa shape index (κ1) is 15.6. The zero-order valence-corrected chi connectivity index (χ0v) is 12.2. The van der Waals surface area contributed by atoms with E-state index in [0.29, 0.717) is 6.54 Å². The Labute approximate surface area is 123 Å². The summed E-state index contributed by atoms with van der Waals surface area (Å²) in [6, 6.07) is 2.53. The monoisotopic (exact) mass is 296 g/mol. The van der Waals surface area contributed by atoms with Crippen LogP contribution >= 0.6 is 0 Å². The highest BCUT2D eigenvalue weighted by Gasteiger charge is 2.17. The molecule has 0 amide bonds. The zero-order valence-electron chi connectivity index (χ0n) is 12.2. The van der Waals surface area contributed by atoms with Crippen LogP contribution in [0, 0.1) is 5.82 Å². The standard InChI is InChI=1S/C15H21FN2O3/c1-2-20-15(19)11-7-14(12(16)8-13(11)17)18-9-10-5-3-4-6-21-10/h7-8,10,18H,2-6,9,17H2,1H3. The fourth-order valence-electron chi connectivity index (χ4n) is 2.30. The first-order chi connectivity index (χ1) is 10.1. The van der Waals surface area contributed by atoms with Crippen molar-refractivity contribution in [3.05, 3.63) is 23.5 Å². The normalized spacial score (nSPS) is 18.3. The van der Waals surface area contributed by atoms with Crippen LogP contribution in [0.4, 0.5) is 15.8 Å². The Bertz CT molecular complexity index is 502. The van der Waals surface area contributed by atoms with Crippen LogP contribution in [-0.4, -0.2) is 31.8 Å². The van der Waals surface area contributed by atoms with Crippen molar-refractivity contribution >= 4 is 17.3 Å². The lowest BCUT2D eigenvalue weighted by atomic mass is 10.1. The highest BCUT2D eigenvalue weighted by Crippen LogP contribution is 2.24. The van der Waals surface area contributed by atoms with Crippen molar-refractivity contribution in [2.45, 2.75) is 32.3 Å². The van der Waals surface area contributed by atoms with Crippen LogP contribution in [0.2, 0.25) is 0 Å². The molecular formula is C15H21FN2O3. The van der Waals surface area contributed by atoms with Crippen molar-refractivity contribution < 1.29 is 18.7 Å². The Morgan fingerprint density at radius 2 is 2.33 bits per heavy atom. The predicted octanol–water partition coefficient (Wildman–Crippen LogP) is 2.57. The number of nitrogen functional groups attached to an aromatic ring is 1. The van der Waals surface area contributed by atoms with Gasteiger partial charge in [-0.1, -0.05) is 0 Å². The molecule has 116 valence electrons. The van der Waals surface area contributed by atoms with E-state index in [-0.39, 0.29) is 29.6 Å². The molecule has 1 heterocycles. The van der Waals surface area contributed by atoms with E-state index in [1.165, 1.54) is 6.07 Å². The summed E-state index contributed by atoms with van der Waals surface area (Å²) in [5.41, 5.74) is 6.15. The number of esters is 1. The number of rotatable bonds is 5. The summed E-state index contributed by atoms with van der Waals surface area (Å²) in [5, 5.41) is 2.98. The van der Waals surface area contributed by atoms with Crippen LogP contribution in [0.15, 0.2) is 12.1 Å². The van der Waals surface area contributed by atoms with Crippen LogP contribution < -0.4 is 11.1 Å². The number of carbonyl (C=O) groups excluding carboxylic acids is 1. The fourth-order valence-corrected chi connectivity index (χ4v) is 2.30. The Balaban J connectivity index is 2.07. The third-order valence-electron chi connectivity index (χ3n) is 3.43. The Hall–Kier alpha value is -1.82. The average molecular weight is 296 g/mol. The SMILES string of the molecule is CCOC(=O)c1cc(NCC2CCCCO2)c(F)cc1N. The first-order valence-corrected chi connectivity index (χ1v) is 7.23. The highest BCUT2D eigenvalue weighted by molar-refractivity contribution is 5.96. The van der Waals surface area contributed by atoms with Gasteiger partial charge in [-0.3, -0.25) is 0 Å². The molecule has 0 bridgehead atoms. The van der Waals surface area contributed by atoms with Crippen LogP contribution in [0.25, 0.3) is 0 Å². The molecule has 5 nitrogen and oxygen atoms in total. The molecule has 0 aliphatic carbocycles. The molecule has 1 aromatic carbocycles. The van der Waals surface area contributed by atoms with Gasteiger partial charge >= 0.3 is 5.97 Å². The maximum atomic E-state index is 13.9. The number of anilines is 2. The van der Waals surface area contributed by atoms with E-state index in [4.69, 9.17) is 15.2 Å². The van der Waals surface area contributed by atoms with Gasteiger partial charge in [0.15, 0.2) is 0 Å². The van der Waals surface area contributed by atoms with E-state index >= 15 is 0 Å². The molecular weight excluding hydrogens is 275 g/mol. The number of benzene rings is 1. The first-order valence-electron chi connectivity index (χ1n) is 7.23. The molecule has 1 aliphatic rings. The van der Waals surface area contributed by atoms with Gasteiger partial charge in [0, 0.05) is 18.8 Å². The Kier molecular flexibility index (Phi) is 5.38. The fraction of sp³-hybridized carbons (Fsp3) is 0.533. The van der Waals surface area contributed by atoms with Gasteiger partial charge in [0.25, 0.3) is 0 Å². The second-order valence-electron chi connectivity index (χ2n) is 5.01. The Morgan fingerprint density at radius 3 is 3.00 bits per heavy atom. The number of nitrogens with one attached hydrogen (secondary N) is 1. The van der Waals surface area contributed by atoms with Gasteiger partial charge in [-0.05, 0) is 38.3 Å². The number of hydrogen-bond donors (Lipinski definition) is 2. The summed E-state index contributed by atoms with van der Waals surface area (Å²) in [5.74, 6) is -1.04. The molecule has 0 radical (unpaired) electrons. The number of hydrogen-bond acceptors (Lipinski definition) is 5. The van der Waals surface area contributed by atoms with E-state index in [1.807, 2.05) is 0 Å². The van der Waals surface area contributed by atoms with Crippen LogP contribution in [0.1, 0.15) is 36.5 Å². The van der Waals surface area contributed by atoms with Crippen molar-refractivity contribution in [1.82, 2.24) is 0 Å². The van der Waals surface area contributed by atoms with Crippen LogP contribution in [0.5, 0.6) is 0 Å². The molecule has 6 heteroatoms. The molecule has 1 atom stereocenters. The maximum absolute atomic E-state index is 13.9. The number of carbonyl (C=O) groups is 1. The van der Waals surface area contributed by atoms with Gasteiger partial charge in [-0.25, -0.2) is 9.18 Å². The summed E-state index contributed by atoms with van der Waals surface area (Å²) in [6.45, 7) is 3.19. The summed E-state index contributed by atoms with van der Waals surface area (Å²) in [4.78, 5) is 11.8. The van der Waals surface area contributed by atoms with E-state index in [0.717, 1.165) is 31.9 Å². The largest absolute Gasteiger partial charge is 0.462 e. The molecule has 0 spiro atoms. The van der Waals surface area contributed by atoms with Crippen molar-refractivity contribution in [3.8, 4) is 0 Å². The highest BCUT2D eigenvalue weighted by atomic mass is 19.1. The minimum atomic E-state index is -0.549. The second-order valence-corrected chi connectivity index (χ2v) is 5.01. The summed E-state index contributed by atoms with van der Waals surface area (Å²) >= 11 is 0. The third-order valence-corrected chi connectivity index (χ3v) is 3.43. The molecule has 1 aromatic rings. The van der Waals surface area contributed by atoms with Gasteiger partial charge in [-0.15, -0.1) is 0 Å². The van der Waals surface area contributed by atoms with E-state index < -0.39 is 11.8 Å². The second kappa shape index (κ2) is 7.26. The maximum Gasteiger partial charge on any atom is 0.340 e. The van der Waals surface area contributed by atoms with Gasteiger partial charge in [0.2, 0.25) is 0 Å². The smallest absolute Gasteiger partial charge is 0.340 e. The topological polar surface area (TPSA) is 73.6 Å². The number of ether oxygens (including phenoxy) is 2. The van der Waals surface area contributed by atoms with Crippen molar-refractivity contribution in [3.63, 3.8) is 0 Å². The zero-order chi connectivity index (χ0) is 15.2. The summed E-state index contributed by atoms with van der Waals surface area (Å²) in [7, 11) is 0. The molecule has 1 saturated heterocycles. The molecule has 21 heavy (non-hydrogen) atoms. The van der Waals surface area contributed by atoms with Crippen molar-refractivity contribution in [1.29, 1.82) is 0 Å². The lowest BCUT2D eigenvalue weighted by Crippen LogP contribution is -2.27. The summed E-state index contributed by atoms with van der Waals surface area (Å²) < 4.78 is 24.4. The summed E-state index contributed by atoms with van der Waals surface area (Å²) in [6.07, 6.45) is 3.21. The van der Waals surface area contributed by atoms with E-state index in [1.54, 1.807) is 6.92 Å². The van der Waals surface area contributed by atoms with Gasteiger partial charge in [-0.2, -0.15) is 0 Å². The third kappa shape index (κ3) is 4.07. The minimum absolute atomic E-state index is 0.0711. The van der Waals surface area contributed by atoms with Gasteiger partial charge in [0.05, 0.1) is 24.0 Å². The van der Waals surface area contributed by atoms with Crippen molar-refractivity contribution in [2.75, 3.05) is 30.8 Å². The van der Waals surface area contributed by atoms with Crippen molar-refractivity contribution in [2.24, 2.45) is 0 Å². The lowest BCUT2D eigenvalue weighted by Gasteiger charge is -2.23. The predicted molar refractivity (Wildman–Crippen MR) is 78.8 cm³/mol. The lowest BCUT2D eigenvalue weighted by molar-refractivity contribution is 0.0247. The van der Waals surface area contributed by atoms with Gasteiger partial charge in [0.1, 0.15) is 5.82 Å². The molecule has 2 rings (SSSR count). The molecule has 1 fully saturated rings. The van der Waals surface area contributed by atoms with Crippen LogP contribution in [-0.2, 0) is 9.47 Å². The molecule has 0 saturated carbocycles. The number of halogens is 1. The molecule has 3 N–H and O–H groups in total. The average Bonchev–Trinajstić information content (AvgIpc) is 2.47. The van der Waals surface area contributed by atoms with E-state index in [9.17, 15) is 9.18 Å². The number of nitrogens with two attached hydrogens (primary N) is 1. The van der Waals surface area contributed by atoms with E-state index in [2.05, 4.69) is 5.32 Å². The van der Waals surface area contributed by atoms with Crippen LogP contribution in [0.3, 0.4) is 0 Å². The molecule has 1 unspecified atom stereocenters.